The number of hydrogen-bond donors (Lipinski definition) is 1. The van der Waals surface area contributed by atoms with Crippen molar-refractivity contribution in [3.8, 4) is 0 Å². The zero-order valence-corrected chi connectivity index (χ0v) is 8.82. The molecule has 0 aromatic heterocycles. The van der Waals surface area contributed by atoms with Gasteiger partial charge in [0.05, 0.1) is 5.92 Å². The lowest BCUT2D eigenvalue weighted by Crippen LogP contribution is -2.42. The average molecular weight is 211 g/mol. The van der Waals surface area contributed by atoms with Crippen LogP contribution in [0.4, 0.5) is 0 Å². The SMILES string of the molecule is O=C(O)C1CCCN(C(=O)CC2CC2)C1. The molecule has 4 heteroatoms. The normalized spacial score (nSPS) is 26.4. The van der Waals surface area contributed by atoms with Crippen molar-refractivity contribution in [2.24, 2.45) is 11.8 Å². The van der Waals surface area contributed by atoms with E-state index in [4.69, 9.17) is 5.11 Å². The lowest BCUT2D eigenvalue weighted by Gasteiger charge is -2.30. The number of carboxylic acids is 1. The molecule has 1 saturated heterocycles. The number of piperidine rings is 1. The van der Waals surface area contributed by atoms with E-state index in [0.717, 1.165) is 13.0 Å². The largest absolute Gasteiger partial charge is 0.481 e. The highest BCUT2D eigenvalue weighted by molar-refractivity contribution is 5.78. The van der Waals surface area contributed by atoms with E-state index in [0.29, 0.717) is 25.3 Å². The molecule has 4 nitrogen and oxygen atoms in total. The number of amides is 1. The summed E-state index contributed by atoms with van der Waals surface area (Å²) in [6, 6.07) is 0. The number of rotatable bonds is 3. The molecule has 0 bridgehead atoms. The molecule has 2 rings (SSSR count). The zero-order valence-electron chi connectivity index (χ0n) is 8.82. The van der Waals surface area contributed by atoms with Crippen LogP contribution in [0.5, 0.6) is 0 Å². The number of carbonyl (C=O) groups is 2. The van der Waals surface area contributed by atoms with Crippen LogP contribution in [0, 0.1) is 11.8 Å². The van der Waals surface area contributed by atoms with Gasteiger partial charge in [0.2, 0.25) is 5.91 Å². The van der Waals surface area contributed by atoms with Gasteiger partial charge in [-0.25, -0.2) is 0 Å². The number of hydrogen-bond acceptors (Lipinski definition) is 2. The van der Waals surface area contributed by atoms with Gasteiger partial charge >= 0.3 is 5.97 Å². The van der Waals surface area contributed by atoms with Crippen molar-refractivity contribution in [2.45, 2.75) is 32.1 Å². The fraction of sp³-hybridized carbons (Fsp3) is 0.818. The molecule has 1 N–H and O–H groups in total. The van der Waals surface area contributed by atoms with E-state index in [2.05, 4.69) is 0 Å². The second-order valence-electron chi connectivity index (χ2n) is 4.66. The quantitative estimate of drug-likeness (QED) is 0.760. The molecule has 1 amide bonds. The van der Waals surface area contributed by atoms with Gasteiger partial charge in [0, 0.05) is 19.5 Å². The third-order valence-corrected chi connectivity index (χ3v) is 3.28. The minimum Gasteiger partial charge on any atom is -0.481 e. The Kier molecular flexibility index (Phi) is 2.93. The first kappa shape index (κ1) is 10.5. The van der Waals surface area contributed by atoms with E-state index >= 15 is 0 Å². The van der Waals surface area contributed by atoms with Crippen LogP contribution in [0.2, 0.25) is 0 Å². The Bertz CT molecular complexity index is 273. The van der Waals surface area contributed by atoms with Crippen molar-refractivity contribution < 1.29 is 14.7 Å². The molecular weight excluding hydrogens is 194 g/mol. The maximum atomic E-state index is 11.7. The second-order valence-corrected chi connectivity index (χ2v) is 4.66. The first-order valence-corrected chi connectivity index (χ1v) is 5.67. The molecule has 84 valence electrons. The molecule has 2 fully saturated rings. The predicted molar refractivity (Wildman–Crippen MR) is 54.3 cm³/mol. The summed E-state index contributed by atoms with van der Waals surface area (Å²) in [4.78, 5) is 24.3. The van der Waals surface area contributed by atoms with Crippen LogP contribution in [0.15, 0.2) is 0 Å². The summed E-state index contributed by atoms with van der Waals surface area (Å²) >= 11 is 0. The molecule has 0 radical (unpaired) electrons. The second kappa shape index (κ2) is 4.21. The zero-order chi connectivity index (χ0) is 10.8. The number of carboxylic acid groups (broad SMARTS) is 1. The molecular formula is C11H17NO3. The smallest absolute Gasteiger partial charge is 0.308 e. The molecule has 1 atom stereocenters. The van der Waals surface area contributed by atoms with Crippen molar-refractivity contribution in [3.63, 3.8) is 0 Å². The van der Waals surface area contributed by atoms with Crippen molar-refractivity contribution in [1.29, 1.82) is 0 Å². The van der Waals surface area contributed by atoms with Gasteiger partial charge in [0.15, 0.2) is 0 Å². The van der Waals surface area contributed by atoms with Crippen LogP contribution in [0.25, 0.3) is 0 Å². The van der Waals surface area contributed by atoms with Crippen LogP contribution in [-0.2, 0) is 9.59 Å². The molecule has 2 aliphatic rings. The maximum Gasteiger partial charge on any atom is 0.308 e. The molecule has 1 heterocycles. The number of likely N-dealkylation sites (tertiary alicyclic amines) is 1. The summed E-state index contributed by atoms with van der Waals surface area (Å²) in [7, 11) is 0. The van der Waals surface area contributed by atoms with Crippen LogP contribution in [0.3, 0.4) is 0 Å². The minimum atomic E-state index is -0.765. The highest BCUT2D eigenvalue weighted by atomic mass is 16.4. The van der Waals surface area contributed by atoms with Gasteiger partial charge in [0.1, 0.15) is 0 Å². The Morgan fingerprint density at radius 2 is 2.00 bits per heavy atom. The standard InChI is InChI=1S/C11H17NO3/c13-10(6-8-3-4-8)12-5-1-2-9(7-12)11(14)15/h8-9H,1-7H2,(H,14,15). The molecule has 1 aliphatic heterocycles. The van der Waals surface area contributed by atoms with Crippen LogP contribution >= 0.6 is 0 Å². The lowest BCUT2D eigenvalue weighted by atomic mass is 9.98. The van der Waals surface area contributed by atoms with Crippen LogP contribution < -0.4 is 0 Å². The predicted octanol–water partition coefficient (Wildman–Crippen LogP) is 1.11. The Morgan fingerprint density at radius 1 is 1.27 bits per heavy atom. The number of carbonyl (C=O) groups excluding carboxylic acids is 1. The van der Waals surface area contributed by atoms with Gasteiger partial charge in [-0.15, -0.1) is 0 Å². The van der Waals surface area contributed by atoms with Crippen molar-refractivity contribution in [3.05, 3.63) is 0 Å². The number of nitrogens with zero attached hydrogens (tertiary/aromatic N) is 1. The summed E-state index contributed by atoms with van der Waals surface area (Å²) in [5.74, 6) is -0.369. The lowest BCUT2D eigenvalue weighted by molar-refractivity contribution is -0.145. The highest BCUT2D eigenvalue weighted by Crippen LogP contribution is 2.33. The third-order valence-electron chi connectivity index (χ3n) is 3.28. The Morgan fingerprint density at radius 3 is 2.60 bits per heavy atom. The fourth-order valence-electron chi connectivity index (χ4n) is 2.10. The molecule has 1 unspecified atom stereocenters. The first-order chi connectivity index (χ1) is 7.16. The van der Waals surface area contributed by atoms with Crippen LogP contribution in [-0.4, -0.2) is 35.0 Å². The highest BCUT2D eigenvalue weighted by Gasteiger charge is 2.31. The van der Waals surface area contributed by atoms with Gasteiger partial charge in [-0.2, -0.15) is 0 Å². The summed E-state index contributed by atoms with van der Waals surface area (Å²) in [6.45, 7) is 1.16. The molecule has 1 aliphatic carbocycles. The molecule has 0 aromatic rings. The summed E-state index contributed by atoms with van der Waals surface area (Å²) in [5.41, 5.74) is 0. The van der Waals surface area contributed by atoms with Gasteiger partial charge in [-0.1, -0.05) is 0 Å². The molecule has 0 aromatic carbocycles. The van der Waals surface area contributed by atoms with E-state index in [9.17, 15) is 9.59 Å². The Balaban J connectivity index is 1.85. The van der Waals surface area contributed by atoms with Crippen LogP contribution in [0.1, 0.15) is 32.1 Å². The van der Waals surface area contributed by atoms with E-state index in [-0.39, 0.29) is 11.8 Å². The Labute approximate surface area is 89.3 Å². The average Bonchev–Trinajstić information content (AvgIpc) is 3.02. The maximum absolute atomic E-state index is 11.7. The monoisotopic (exact) mass is 211 g/mol. The fourth-order valence-corrected chi connectivity index (χ4v) is 2.10. The van der Waals surface area contributed by atoms with E-state index < -0.39 is 5.97 Å². The van der Waals surface area contributed by atoms with Crippen molar-refractivity contribution in [2.75, 3.05) is 13.1 Å². The minimum absolute atomic E-state index is 0.156. The first-order valence-electron chi connectivity index (χ1n) is 5.67. The molecule has 1 saturated carbocycles. The van der Waals surface area contributed by atoms with Gasteiger partial charge in [0.25, 0.3) is 0 Å². The topological polar surface area (TPSA) is 57.6 Å². The van der Waals surface area contributed by atoms with Gasteiger partial charge < -0.3 is 10.0 Å². The molecule has 15 heavy (non-hydrogen) atoms. The summed E-state index contributed by atoms with van der Waals surface area (Å²) < 4.78 is 0. The van der Waals surface area contributed by atoms with Gasteiger partial charge in [-0.05, 0) is 31.6 Å². The third kappa shape index (κ3) is 2.70. The van der Waals surface area contributed by atoms with Crippen molar-refractivity contribution >= 4 is 11.9 Å². The van der Waals surface area contributed by atoms with Crippen molar-refractivity contribution in [1.82, 2.24) is 4.90 Å². The van der Waals surface area contributed by atoms with E-state index in [1.54, 1.807) is 4.90 Å². The molecule has 0 spiro atoms. The summed E-state index contributed by atoms with van der Waals surface area (Å²) in [5, 5.41) is 8.89. The van der Waals surface area contributed by atoms with E-state index in [1.165, 1.54) is 12.8 Å². The number of aliphatic carboxylic acids is 1. The van der Waals surface area contributed by atoms with Gasteiger partial charge in [-0.3, -0.25) is 9.59 Å². The summed E-state index contributed by atoms with van der Waals surface area (Å²) in [6.07, 6.45) is 4.51. The Hall–Kier alpha value is -1.06. The van der Waals surface area contributed by atoms with E-state index in [1.807, 2.05) is 0 Å².